The number of carbonyl (C=O) groups is 2. The predicted molar refractivity (Wildman–Crippen MR) is 95.9 cm³/mol. The average Bonchev–Trinajstić information content (AvgIpc) is 2.52. The Hall–Kier alpha value is -2.08. The van der Waals surface area contributed by atoms with Crippen molar-refractivity contribution in [1.29, 1.82) is 0 Å². The number of benzene rings is 1. The predicted octanol–water partition coefficient (Wildman–Crippen LogP) is 2.96. The highest BCUT2D eigenvalue weighted by molar-refractivity contribution is 5.83. The summed E-state index contributed by atoms with van der Waals surface area (Å²) in [6.45, 7) is 7.89. The molecule has 1 amide bonds. The largest absolute Gasteiger partial charge is 0.497 e. The Balaban J connectivity index is 2.57. The molecule has 0 spiro atoms. The van der Waals surface area contributed by atoms with Gasteiger partial charge in [-0.05, 0) is 44.4 Å². The fraction of sp³-hybridized carbons (Fsp3) is 0.579. The zero-order chi connectivity index (χ0) is 19.0. The molecular weight excluding hydrogens is 322 g/mol. The number of hydrogen-bond acceptors (Lipinski definition) is 4. The van der Waals surface area contributed by atoms with Gasteiger partial charge in [0.05, 0.1) is 12.7 Å². The van der Waals surface area contributed by atoms with Gasteiger partial charge in [0.1, 0.15) is 11.8 Å². The maximum atomic E-state index is 12.2. The van der Waals surface area contributed by atoms with Crippen LogP contribution in [0.25, 0.3) is 0 Å². The van der Waals surface area contributed by atoms with Crippen molar-refractivity contribution in [3.8, 4) is 5.75 Å². The Kier molecular flexibility index (Phi) is 7.90. The molecule has 0 aliphatic heterocycles. The van der Waals surface area contributed by atoms with Crippen molar-refractivity contribution >= 4 is 11.9 Å². The average molecular weight is 351 g/mol. The second-order valence-corrected chi connectivity index (χ2v) is 7.09. The van der Waals surface area contributed by atoms with Gasteiger partial charge in [0, 0.05) is 19.4 Å². The van der Waals surface area contributed by atoms with E-state index >= 15 is 0 Å². The minimum atomic E-state index is -1.06. The lowest BCUT2D eigenvalue weighted by molar-refractivity contribution is -0.142. The quantitative estimate of drug-likeness (QED) is 0.714. The van der Waals surface area contributed by atoms with Gasteiger partial charge in [0.2, 0.25) is 5.91 Å². The fourth-order valence-electron chi connectivity index (χ4n) is 2.34. The van der Waals surface area contributed by atoms with Crippen LogP contribution in [0.1, 0.15) is 52.0 Å². The molecular formula is C19H29NO5. The molecule has 6 nitrogen and oxygen atoms in total. The molecule has 140 valence electrons. The summed E-state index contributed by atoms with van der Waals surface area (Å²) in [4.78, 5) is 23.6. The van der Waals surface area contributed by atoms with Crippen molar-refractivity contribution in [2.24, 2.45) is 0 Å². The van der Waals surface area contributed by atoms with E-state index in [0.717, 1.165) is 11.3 Å². The Morgan fingerprint density at radius 3 is 2.52 bits per heavy atom. The minimum Gasteiger partial charge on any atom is -0.497 e. The third kappa shape index (κ3) is 8.03. The first-order valence-corrected chi connectivity index (χ1v) is 8.42. The molecule has 1 rings (SSSR count). The van der Waals surface area contributed by atoms with Crippen LogP contribution in [0.5, 0.6) is 5.75 Å². The van der Waals surface area contributed by atoms with Crippen LogP contribution in [0.2, 0.25) is 0 Å². The molecule has 1 aromatic carbocycles. The van der Waals surface area contributed by atoms with Gasteiger partial charge in [0.15, 0.2) is 0 Å². The number of rotatable bonds is 9. The summed E-state index contributed by atoms with van der Waals surface area (Å²) in [5, 5.41) is 11.9. The normalized spacial score (nSPS) is 13.8. The van der Waals surface area contributed by atoms with E-state index in [1.54, 1.807) is 7.11 Å². The van der Waals surface area contributed by atoms with E-state index in [-0.39, 0.29) is 36.9 Å². The molecule has 0 fully saturated rings. The zero-order valence-electron chi connectivity index (χ0n) is 15.7. The van der Waals surface area contributed by atoms with Crippen LogP contribution in [-0.4, -0.2) is 42.3 Å². The van der Waals surface area contributed by atoms with Crippen molar-refractivity contribution in [3.63, 3.8) is 0 Å². The molecule has 0 aliphatic carbocycles. The summed E-state index contributed by atoms with van der Waals surface area (Å²) in [6.07, 6.45) is 0.433. The summed E-state index contributed by atoms with van der Waals surface area (Å²) < 4.78 is 10.7. The molecule has 25 heavy (non-hydrogen) atoms. The Morgan fingerprint density at radius 2 is 1.96 bits per heavy atom. The van der Waals surface area contributed by atoms with Crippen LogP contribution in [0.15, 0.2) is 24.3 Å². The van der Waals surface area contributed by atoms with E-state index < -0.39 is 12.0 Å². The molecule has 0 radical (unpaired) electrons. The Labute approximate surface area is 149 Å². The van der Waals surface area contributed by atoms with Gasteiger partial charge in [-0.25, -0.2) is 4.79 Å². The number of amides is 1. The van der Waals surface area contributed by atoms with Crippen LogP contribution < -0.4 is 10.1 Å². The monoisotopic (exact) mass is 351 g/mol. The molecule has 1 aromatic rings. The second kappa shape index (κ2) is 9.42. The molecule has 0 heterocycles. The van der Waals surface area contributed by atoms with Gasteiger partial charge in [-0.15, -0.1) is 0 Å². The molecule has 0 bridgehead atoms. The van der Waals surface area contributed by atoms with Crippen molar-refractivity contribution in [3.05, 3.63) is 29.8 Å². The summed E-state index contributed by atoms with van der Waals surface area (Å²) >= 11 is 0. The minimum absolute atomic E-state index is 0.0460. The van der Waals surface area contributed by atoms with Crippen molar-refractivity contribution < 1.29 is 24.2 Å². The van der Waals surface area contributed by atoms with E-state index in [1.807, 2.05) is 52.0 Å². The molecule has 2 N–H and O–H groups in total. The highest BCUT2D eigenvalue weighted by Crippen LogP contribution is 2.23. The summed E-state index contributed by atoms with van der Waals surface area (Å²) in [5.41, 5.74) is 0.631. The number of methoxy groups -OCH3 is 1. The van der Waals surface area contributed by atoms with Gasteiger partial charge in [-0.1, -0.05) is 19.1 Å². The first-order chi connectivity index (χ1) is 11.6. The number of nitrogens with one attached hydrogen (secondary N) is 1. The van der Waals surface area contributed by atoms with Gasteiger partial charge >= 0.3 is 5.97 Å². The van der Waals surface area contributed by atoms with Gasteiger partial charge in [-0.2, -0.15) is 0 Å². The molecule has 0 aliphatic rings. The lowest BCUT2D eigenvalue weighted by atomic mass is 9.97. The van der Waals surface area contributed by atoms with Gasteiger partial charge < -0.3 is 19.9 Å². The van der Waals surface area contributed by atoms with Gasteiger partial charge in [-0.3, -0.25) is 4.79 Å². The molecule has 2 unspecified atom stereocenters. The Bertz CT molecular complexity index is 579. The van der Waals surface area contributed by atoms with E-state index in [0.29, 0.717) is 0 Å². The highest BCUT2D eigenvalue weighted by atomic mass is 16.5. The summed E-state index contributed by atoms with van der Waals surface area (Å²) in [5.74, 6) is -0.666. The van der Waals surface area contributed by atoms with Crippen molar-refractivity contribution in [2.45, 2.75) is 58.1 Å². The maximum absolute atomic E-state index is 12.2. The smallest absolute Gasteiger partial charge is 0.326 e. The van der Waals surface area contributed by atoms with E-state index in [4.69, 9.17) is 9.47 Å². The molecule has 0 saturated carbocycles. The summed E-state index contributed by atoms with van der Waals surface area (Å²) in [6, 6.07) is 6.56. The first kappa shape index (κ1) is 21.0. The maximum Gasteiger partial charge on any atom is 0.326 e. The van der Waals surface area contributed by atoms with Crippen LogP contribution in [0.3, 0.4) is 0 Å². The van der Waals surface area contributed by atoms with Crippen LogP contribution in [0.4, 0.5) is 0 Å². The number of ether oxygens (including phenoxy) is 2. The lowest BCUT2D eigenvalue weighted by Gasteiger charge is -2.22. The van der Waals surface area contributed by atoms with Crippen molar-refractivity contribution in [2.75, 3.05) is 13.7 Å². The number of carboxylic acid groups (broad SMARTS) is 1. The molecule has 2 atom stereocenters. The Morgan fingerprint density at radius 1 is 1.28 bits per heavy atom. The van der Waals surface area contributed by atoms with E-state index in [1.165, 1.54) is 0 Å². The zero-order valence-corrected chi connectivity index (χ0v) is 15.7. The number of carbonyl (C=O) groups excluding carboxylic acids is 1. The van der Waals surface area contributed by atoms with Gasteiger partial charge in [0.25, 0.3) is 0 Å². The number of aliphatic carboxylic acids is 1. The first-order valence-electron chi connectivity index (χ1n) is 8.42. The van der Waals surface area contributed by atoms with E-state index in [9.17, 15) is 14.7 Å². The SMILES string of the molecule is COc1cccc(C(C)CC(=O)NC(CCOC(C)(C)C)C(=O)O)c1. The number of hydrogen-bond donors (Lipinski definition) is 2. The van der Waals surface area contributed by atoms with E-state index in [2.05, 4.69) is 5.32 Å². The topological polar surface area (TPSA) is 84.9 Å². The fourth-order valence-corrected chi connectivity index (χ4v) is 2.34. The highest BCUT2D eigenvalue weighted by Gasteiger charge is 2.22. The number of carboxylic acids is 1. The summed E-state index contributed by atoms with van der Waals surface area (Å²) in [7, 11) is 1.59. The lowest BCUT2D eigenvalue weighted by Crippen LogP contribution is -2.42. The third-order valence-corrected chi connectivity index (χ3v) is 3.73. The third-order valence-electron chi connectivity index (χ3n) is 3.73. The molecule has 6 heteroatoms. The van der Waals surface area contributed by atoms with Crippen LogP contribution >= 0.6 is 0 Å². The second-order valence-electron chi connectivity index (χ2n) is 7.09. The van der Waals surface area contributed by atoms with Crippen LogP contribution in [0, 0.1) is 0 Å². The van der Waals surface area contributed by atoms with Crippen molar-refractivity contribution in [1.82, 2.24) is 5.32 Å². The standard InChI is InChI=1S/C19H29NO5/c1-13(14-7-6-8-15(12-14)24-5)11-17(21)20-16(18(22)23)9-10-25-19(2,3)4/h6-8,12-13,16H,9-11H2,1-5H3,(H,20,21)(H,22,23). The molecule has 0 aromatic heterocycles. The van der Waals surface area contributed by atoms with Crippen LogP contribution in [-0.2, 0) is 14.3 Å². The molecule has 0 saturated heterocycles.